The maximum Gasteiger partial charge on any atom is 0.392 e. The quantitative estimate of drug-likeness (QED) is 0.677. The van der Waals surface area contributed by atoms with Gasteiger partial charge in [-0.25, -0.2) is 0 Å². The van der Waals surface area contributed by atoms with E-state index in [9.17, 15) is 13.2 Å². The Labute approximate surface area is 87.2 Å². The maximum absolute atomic E-state index is 12.9. The molecular formula is C10H16F3NO. The minimum atomic E-state index is -4.06. The van der Waals surface area contributed by atoms with Crippen LogP contribution in [0, 0.1) is 11.3 Å². The molecule has 88 valence electrons. The Morgan fingerprint density at radius 1 is 1.20 bits per heavy atom. The summed E-state index contributed by atoms with van der Waals surface area (Å²) in [6, 6.07) is 0. The van der Waals surface area contributed by atoms with Crippen LogP contribution in [0.2, 0.25) is 0 Å². The van der Waals surface area contributed by atoms with Crippen molar-refractivity contribution in [2.75, 3.05) is 26.3 Å². The minimum Gasteiger partial charge on any atom is -0.381 e. The molecule has 2 heterocycles. The normalized spacial score (nSPS) is 31.8. The van der Waals surface area contributed by atoms with Gasteiger partial charge in [0.15, 0.2) is 0 Å². The lowest BCUT2D eigenvalue weighted by molar-refractivity contribution is -0.225. The van der Waals surface area contributed by atoms with Crippen LogP contribution >= 0.6 is 0 Å². The van der Waals surface area contributed by atoms with E-state index in [0.29, 0.717) is 39.1 Å². The largest absolute Gasteiger partial charge is 0.392 e. The molecule has 2 rings (SSSR count). The predicted octanol–water partition coefficient (Wildman–Crippen LogP) is 1.95. The highest BCUT2D eigenvalue weighted by atomic mass is 19.4. The van der Waals surface area contributed by atoms with E-state index in [4.69, 9.17) is 4.74 Å². The van der Waals surface area contributed by atoms with Crippen molar-refractivity contribution in [1.29, 1.82) is 0 Å². The molecule has 0 radical (unpaired) electrons. The Hall–Kier alpha value is -0.290. The Balaban J connectivity index is 2.17. The summed E-state index contributed by atoms with van der Waals surface area (Å²) in [5.74, 6) is -1.14. The van der Waals surface area contributed by atoms with Gasteiger partial charge in [-0.2, -0.15) is 13.2 Å². The average molecular weight is 223 g/mol. The van der Waals surface area contributed by atoms with Crippen molar-refractivity contribution in [1.82, 2.24) is 5.32 Å². The second kappa shape index (κ2) is 3.94. The Kier molecular flexibility index (Phi) is 2.94. The highest BCUT2D eigenvalue weighted by Crippen LogP contribution is 2.49. The van der Waals surface area contributed by atoms with Gasteiger partial charge in [0.1, 0.15) is 0 Å². The molecule has 2 nitrogen and oxygen atoms in total. The summed E-state index contributed by atoms with van der Waals surface area (Å²) in [4.78, 5) is 0. The van der Waals surface area contributed by atoms with Crippen LogP contribution < -0.4 is 5.32 Å². The number of alkyl halides is 3. The number of hydrogen-bond acceptors (Lipinski definition) is 2. The van der Waals surface area contributed by atoms with Crippen LogP contribution in [0.3, 0.4) is 0 Å². The highest BCUT2D eigenvalue weighted by Gasteiger charge is 2.54. The molecule has 2 fully saturated rings. The second-order valence-corrected chi connectivity index (χ2v) is 4.53. The van der Waals surface area contributed by atoms with Crippen molar-refractivity contribution >= 4 is 0 Å². The fourth-order valence-electron chi connectivity index (χ4n) is 2.83. The lowest BCUT2D eigenvalue weighted by atomic mass is 9.66. The van der Waals surface area contributed by atoms with Gasteiger partial charge in [0.2, 0.25) is 0 Å². The van der Waals surface area contributed by atoms with Gasteiger partial charge in [0.05, 0.1) is 5.92 Å². The Bertz CT molecular complexity index is 215. The van der Waals surface area contributed by atoms with E-state index in [1.807, 2.05) is 0 Å². The summed E-state index contributed by atoms with van der Waals surface area (Å²) in [7, 11) is 0. The molecule has 0 unspecified atom stereocenters. The molecule has 1 N–H and O–H groups in total. The summed E-state index contributed by atoms with van der Waals surface area (Å²) >= 11 is 0. The van der Waals surface area contributed by atoms with Gasteiger partial charge in [0, 0.05) is 19.8 Å². The lowest BCUT2D eigenvalue weighted by Crippen LogP contribution is -2.54. The fourth-order valence-corrected chi connectivity index (χ4v) is 2.83. The number of halogens is 3. The average Bonchev–Trinajstić information content (AvgIpc) is 2.18. The third-order valence-electron chi connectivity index (χ3n) is 3.71. The predicted molar refractivity (Wildman–Crippen MR) is 49.5 cm³/mol. The second-order valence-electron chi connectivity index (χ2n) is 4.53. The first-order valence-corrected chi connectivity index (χ1v) is 5.40. The van der Waals surface area contributed by atoms with Crippen molar-refractivity contribution in [2.45, 2.75) is 25.4 Å². The third-order valence-corrected chi connectivity index (χ3v) is 3.71. The van der Waals surface area contributed by atoms with Crippen LogP contribution in [0.4, 0.5) is 13.2 Å². The summed E-state index contributed by atoms with van der Waals surface area (Å²) in [5, 5.41) is 3.09. The highest BCUT2D eigenvalue weighted by molar-refractivity contribution is 4.96. The van der Waals surface area contributed by atoms with E-state index in [-0.39, 0.29) is 6.42 Å². The van der Waals surface area contributed by atoms with E-state index < -0.39 is 17.5 Å². The van der Waals surface area contributed by atoms with Gasteiger partial charge in [-0.3, -0.25) is 0 Å². The standard InChI is InChI=1S/C10H16F3NO/c11-10(12,13)8-1-4-14-7-9(8)2-5-15-6-3-9/h8,14H,1-7H2/t8-/m1/s1. The molecule has 0 aliphatic carbocycles. The van der Waals surface area contributed by atoms with Gasteiger partial charge in [0.25, 0.3) is 0 Å². The molecule has 0 aromatic heterocycles. The minimum absolute atomic E-state index is 0.212. The maximum atomic E-state index is 12.9. The summed E-state index contributed by atoms with van der Waals surface area (Å²) in [6.07, 6.45) is -2.78. The van der Waals surface area contributed by atoms with Gasteiger partial charge < -0.3 is 10.1 Å². The molecule has 2 saturated heterocycles. The fraction of sp³-hybridized carbons (Fsp3) is 1.00. The van der Waals surface area contributed by atoms with Crippen LogP contribution in [0.1, 0.15) is 19.3 Å². The number of ether oxygens (including phenoxy) is 1. The van der Waals surface area contributed by atoms with Crippen LogP contribution in [-0.2, 0) is 4.74 Å². The monoisotopic (exact) mass is 223 g/mol. The van der Waals surface area contributed by atoms with Gasteiger partial charge >= 0.3 is 6.18 Å². The van der Waals surface area contributed by atoms with Gasteiger partial charge in [-0.1, -0.05) is 0 Å². The first-order valence-electron chi connectivity index (χ1n) is 5.40. The van der Waals surface area contributed by atoms with E-state index in [2.05, 4.69) is 5.32 Å². The zero-order chi connectivity index (χ0) is 10.9. The van der Waals surface area contributed by atoms with Crippen molar-refractivity contribution in [3.63, 3.8) is 0 Å². The Morgan fingerprint density at radius 2 is 1.87 bits per heavy atom. The van der Waals surface area contributed by atoms with E-state index in [0.717, 1.165) is 0 Å². The molecule has 0 aromatic rings. The molecule has 5 heteroatoms. The van der Waals surface area contributed by atoms with Crippen molar-refractivity contribution in [3.8, 4) is 0 Å². The molecule has 0 saturated carbocycles. The molecular weight excluding hydrogens is 207 g/mol. The molecule has 0 bridgehead atoms. The zero-order valence-electron chi connectivity index (χ0n) is 8.57. The van der Waals surface area contributed by atoms with E-state index in [1.165, 1.54) is 0 Å². The molecule has 0 amide bonds. The molecule has 1 atom stereocenters. The van der Waals surface area contributed by atoms with Crippen LogP contribution in [-0.4, -0.2) is 32.5 Å². The van der Waals surface area contributed by atoms with E-state index >= 15 is 0 Å². The smallest absolute Gasteiger partial charge is 0.381 e. The first-order chi connectivity index (χ1) is 7.05. The molecule has 0 aromatic carbocycles. The molecule has 2 aliphatic rings. The van der Waals surface area contributed by atoms with Crippen LogP contribution in [0.25, 0.3) is 0 Å². The number of hydrogen-bond donors (Lipinski definition) is 1. The summed E-state index contributed by atoms with van der Waals surface area (Å²) < 4.78 is 43.9. The van der Waals surface area contributed by atoms with Gasteiger partial charge in [-0.05, 0) is 31.2 Å². The van der Waals surface area contributed by atoms with E-state index in [1.54, 1.807) is 0 Å². The zero-order valence-corrected chi connectivity index (χ0v) is 8.57. The summed E-state index contributed by atoms with van der Waals surface area (Å²) in [6.45, 7) is 1.90. The van der Waals surface area contributed by atoms with Crippen molar-refractivity contribution in [2.24, 2.45) is 11.3 Å². The first kappa shape index (κ1) is 11.2. The molecule has 1 spiro atoms. The lowest BCUT2D eigenvalue weighted by Gasteiger charge is -2.47. The third kappa shape index (κ3) is 2.13. The van der Waals surface area contributed by atoms with Crippen LogP contribution in [0.15, 0.2) is 0 Å². The molecule has 2 aliphatic heterocycles. The number of piperidine rings is 1. The van der Waals surface area contributed by atoms with Crippen LogP contribution in [0.5, 0.6) is 0 Å². The summed E-state index contributed by atoms with van der Waals surface area (Å²) in [5.41, 5.74) is -0.602. The van der Waals surface area contributed by atoms with Crippen molar-refractivity contribution in [3.05, 3.63) is 0 Å². The van der Waals surface area contributed by atoms with Gasteiger partial charge in [-0.15, -0.1) is 0 Å². The SMILES string of the molecule is FC(F)(F)[C@@H]1CCNCC12CCOCC2. The number of nitrogens with one attached hydrogen (secondary N) is 1. The number of rotatable bonds is 0. The Morgan fingerprint density at radius 3 is 2.47 bits per heavy atom. The topological polar surface area (TPSA) is 21.3 Å². The van der Waals surface area contributed by atoms with Crippen molar-refractivity contribution < 1.29 is 17.9 Å². The molecule has 15 heavy (non-hydrogen) atoms.